The molecule has 198 valence electrons. The summed E-state index contributed by atoms with van der Waals surface area (Å²) in [6, 6.07) is 10.4. The molecule has 1 aromatic carbocycles. The molecule has 1 atom stereocenters. The second kappa shape index (κ2) is 10.1. The first kappa shape index (κ1) is 25.2. The Morgan fingerprint density at radius 1 is 1.16 bits per heavy atom. The molecule has 1 aliphatic heterocycles. The molecule has 5 rings (SSSR count). The molecule has 38 heavy (non-hydrogen) atoms. The van der Waals surface area contributed by atoms with E-state index in [1.807, 2.05) is 0 Å². The molecule has 0 aliphatic carbocycles. The lowest BCUT2D eigenvalue weighted by molar-refractivity contribution is -0.142. The molecule has 3 N–H and O–H groups in total. The molecule has 13 heteroatoms. The molecule has 3 aromatic heterocycles. The molecule has 1 aliphatic rings. The summed E-state index contributed by atoms with van der Waals surface area (Å²) in [7, 11) is 0. The highest BCUT2D eigenvalue weighted by Crippen LogP contribution is 2.35. The van der Waals surface area contributed by atoms with Gasteiger partial charge in [-0.15, -0.1) is 0 Å². The van der Waals surface area contributed by atoms with Gasteiger partial charge in [-0.05, 0) is 41.1 Å². The van der Waals surface area contributed by atoms with Gasteiger partial charge in [0.1, 0.15) is 17.8 Å². The molecule has 0 radical (unpaired) electrons. The Balaban J connectivity index is 1.25. The summed E-state index contributed by atoms with van der Waals surface area (Å²) in [6.07, 6.45) is -2.31. The number of nitrogens with zero attached hydrogens (tertiary/aromatic N) is 5. The van der Waals surface area contributed by atoms with Crippen LogP contribution in [0.1, 0.15) is 23.2 Å². The number of hydrogen-bond acceptors (Lipinski definition) is 7. The summed E-state index contributed by atoms with van der Waals surface area (Å²) < 4.78 is 60.2. The van der Waals surface area contributed by atoms with Crippen LogP contribution in [0.4, 0.5) is 34.0 Å². The zero-order chi connectivity index (χ0) is 26.9. The molecule has 0 saturated carbocycles. The van der Waals surface area contributed by atoms with Crippen molar-refractivity contribution < 1.29 is 27.1 Å². The maximum absolute atomic E-state index is 13.6. The summed E-state index contributed by atoms with van der Waals surface area (Å²) in [5.41, 5.74) is 5.78. The molecule has 1 fully saturated rings. The Morgan fingerprint density at radius 3 is 2.68 bits per heavy atom. The Morgan fingerprint density at radius 2 is 1.97 bits per heavy atom. The van der Waals surface area contributed by atoms with Crippen LogP contribution in [0.5, 0.6) is 5.75 Å². The minimum absolute atomic E-state index is 0.0185. The quantitative estimate of drug-likeness (QED) is 0.358. The van der Waals surface area contributed by atoms with Crippen molar-refractivity contribution in [3.8, 4) is 5.75 Å². The number of alkyl halides is 4. The van der Waals surface area contributed by atoms with Crippen molar-refractivity contribution in [1.82, 2.24) is 25.1 Å². The fraction of sp³-hybridized carbons (Fsp3) is 0.280. The first-order chi connectivity index (χ1) is 18.2. The summed E-state index contributed by atoms with van der Waals surface area (Å²) in [5, 5.41) is 7.58. The molecule has 4 aromatic rings. The van der Waals surface area contributed by atoms with Gasteiger partial charge in [-0.3, -0.25) is 4.68 Å². The highest BCUT2D eigenvalue weighted by Gasteiger charge is 2.39. The van der Waals surface area contributed by atoms with Crippen molar-refractivity contribution in [2.45, 2.75) is 31.9 Å². The number of anilines is 2. The molecule has 0 spiro atoms. The van der Waals surface area contributed by atoms with Gasteiger partial charge in [-0.2, -0.15) is 18.3 Å². The van der Waals surface area contributed by atoms with Crippen molar-refractivity contribution in [3.63, 3.8) is 0 Å². The maximum atomic E-state index is 13.6. The molecule has 9 nitrogen and oxygen atoms in total. The van der Waals surface area contributed by atoms with E-state index in [2.05, 4.69) is 20.4 Å². The number of carbonyl (C=O) groups is 1. The monoisotopic (exact) mass is 529 g/mol. The van der Waals surface area contributed by atoms with Gasteiger partial charge in [0.05, 0.1) is 19.3 Å². The van der Waals surface area contributed by atoms with E-state index in [0.29, 0.717) is 35.7 Å². The first-order valence-corrected chi connectivity index (χ1v) is 11.7. The average Bonchev–Trinajstić information content (AvgIpc) is 3.49. The van der Waals surface area contributed by atoms with Crippen LogP contribution in [0.15, 0.2) is 55.0 Å². The van der Waals surface area contributed by atoms with E-state index in [1.54, 1.807) is 47.5 Å². The molecule has 0 bridgehead atoms. The van der Waals surface area contributed by atoms with Gasteiger partial charge in [-0.25, -0.2) is 19.2 Å². The van der Waals surface area contributed by atoms with Crippen molar-refractivity contribution in [3.05, 3.63) is 71.8 Å². The van der Waals surface area contributed by atoms with Gasteiger partial charge in [-0.1, -0.05) is 18.2 Å². The smallest absolute Gasteiger partial charge is 0.406 e. The predicted molar refractivity (Wildman–Crippen MR) is 131 cm³/mol. The van der Waals surface area contributed by atoms with Crippen LogP contribution in [-0.2, 0) is 19.3 Å². The fourth-order valence-electron chi connectivity index (χ4n) is 4.24. The summed E-state index contributed by atoms with van der Waals surface area (Å²) >= 11 is 0. The minimum atomic E-state index is -4.84. The number of benzene rings is 1. The number of fused-ring (bicyclic) bond motifs is 1. The number of ether oxygens (including phenoxy) is 1. The second-order valence-corrected chi connectivity index (χ2v) is 8.89. The van der Waals surface area contributed by atoms with Crippen LogP contribution in [0.25, 0.3) is 10.8 Å². The number of nitrogens with one attached hydrogen (secondary N) is 1. The average molecular weight is 529 g/mol. The number of hydrogen-bond donors (Lipinski definition) is 2. The first-order valence-electron chi connectivity index (χ1n) is 11.7. The van der Waals surface area contributed by atoms with Crippen molar-refractivity contribution in [2.24, 2.45) is 0 Å². The van der Waals surface area contributed by atoms with E-state index in [0.717, 1.165) is 21.7 Å². The number of rotatable bonds is 6. The van der Waals surface area contributed by atoms with Gasteiger partial charge in [0, 0.05) is 30.9 Å². The van der Waals surface area contributed by atoms with Crippen LogP contribution in [0.3, 0.4) is 0 Å². The Bertz CT molecular complexity index is 1460. The number of halogens is 4. The van der Waals surface area contributed by atoms with E-state index in [1.165, 1.54) is 6.20 Å². The van der Waals surface area contributed by atoms with Crippen LogP contribution < -0.4 is 20.7 Å². The SMILES string of the molecule is Nc1nccc2cc(CNC(=O)Oc3cn(Cc4ccc(N5CC[C@@H](F)C5)nc4)nc3C(F)(F)F)ccc12. The third-order valence-electron chi connectivity index (χ3n) is 6.10. The number of carbonyl (C=O) groups excluding carboxylic acids is 1. The number of aromatic nitrogens is 4. The third-order valence-corrected chi connectivity index (χ3v) is 6.10. The Kier molecular flexibility index (Phi) is 6.74. The van der Waals surface area contributed by atoms with E-state index in [9.17, 15) is 22.4 Å². The van der Waals surface area contributed by atoms with Gasteiger partial charge >= 0.3 is 12.3 Å². The molecular weight excluding hydrogens is 506 g/mol. The predicted octanol–water partition coefficient (Wildman–Crippen LogP) is 4.31. The number of pyridine rings is 2. The molecule has 1 amide bonds. The summed E-state index contributed by atoms with van der Waals surface area (Å²) in [6.45, 7) is 0.792. The standard InChI is InChI=1S/C25H23F4N7O2/c26-18-6-8-35(13-18)21-4-2-16(11-32-21)12-36-14-20(22(34-36)25(27,28)29)38-24(37)33-10-15-1-3-19-17(9-15)5-7-31-23(19)30/h1-5,7,9,11,14,18H,6,8,10,12-13H2,(H2,30,31)(H,33,37)/t18-/m1/s1. The number of nitrogens with two attached hydrogens (primary N) is 1. The topological polar surface area (TPSA) is 111 Å². The van der Waals surface area contributed by atoms with Crippen molar-refractivity contribution >= 4 is 28.5 Å². The van der Waals surface area contributed by atoms with Crippen LogP contribution in [0.2, 0.25) is 0 Å². The zero-order valence-electron chi connectivity index (χ0n) is 20.0. The minimum Gasteiger partial charge on any atom is -0.406 e. The highest BCUT2D eigenvalue weighted by atomic mass is 19.4. The van der Waals surface area contributed by atoms with E-state index in [-0.39, 0.29) is 19.6 Å². The highest BCUT2D eigenvalue weighted by molar-refractivity contribution is 5.91. The largest absolute Gasteiger partial charge is 0.438 e. The Labute approximate surface area is 214 Å². The van der Waals surface area contributed by atoms with Crippen LogP contribution >= 0.6 is 0 Å². The second-order valence-electron chi connectivity index (χ2n) is 8.89. The van der Waals surface area contributed by atoms with E-state index < -0.39 is 29.9 Å². The number of nitrogen functional groups attached to an aromatic ring is 1. The Hall–Kier alpha value is -4.42. The fourth-order valence-corrected chi connectivity index (χ4v) is 4.24. The normalized spacial score (nSPS) is 15.7. The van der Waals surface area contributed by atoms with Crippen LogP contribution in [-0.4, -0.2) is 45.1 Å². The van der Waals surface area contributed by atoms with Crippen LogP contribution in [0, 0.1) is 0 Å². The number of amides is 1. The lowest BCUT2D eigenvalue weighted by Crippen LogP contribution is -2.27. The van der Waals surface area contributed by atoms with E-state index >= 15 is 0 Å². The lowest BCUT2D eigenvalue weighted by atomic mass is 10.1. The molecule has 4 heterocycles. The maximum Gasteiger partial charge on any atom is 0.438 e. The van der Waals surface area contributed by atoms with Gasteiger partial charge in [0.2, 0.25) is 5.69 Å². The summed E-state index contributed by atoms with van der Waals surface area (Å²) in [4.78, 5) is 22.4. The lowest BCUT2D eigenvalue weighted by Gasteiger charge is -2.16. The van der Waals surface area contributed by atoms with Crippen molar-refractivity contribution in [1.29, 1.82) is 0 Å². The summed E-state index contributed by atoms with van der Waals surface area (Å²) in [5.74, 6) is 0.243. The molecular formula is C25H23F4N7O2. The van der Waals surface area contributed by atoms with Crippen molar-refractivity contribution in [2.75, 3.05) is 23.7 Å². The van der Waals surface area contributed by atoms with Gasteiger partial charge < -0.3 is 20.7 Å². The molecule has 1 saturated heterocycles. The zero-order valence-corrected chi connectivity index (χ0v) is 20.0. The molecule has 0 unspecified atom stereocenters. The van der Waals surface area contributed by atoms with Gasteiger partial charge in [0.15, 0.2) is 5.75 Å². The van der Waals surface area contributed by atoms with Gasteiger partial charge in [0.25, 0.3) is 0 Å². The van der Waals surface area contributed by atoms with E-state index in [4.69, 9.17) is 10.5 Å². The third kappa shape index (κ3) is 5.61.